The Morgan fingerprint density at radius 3 is 2.78 bits per heavy atom. The number of hydrogen-bond acceptors (Lipinski definition) is 7. The van der Waals surface area contributed by atoms with Gasteiger partial charge in [-0.25, -0.2) is 9.97 Å². The third kappa shape index (κ3) is 3.77. The van der Waals surface area contributed by atoms with Crippen molar-refractivity contribution in [2.45, 2.75) is 57.2 Å². The van der Waals surface area contributed by atoms with Crippen LogP contribution in [0.4, 0.5) is 5.82 Å². The van der Waals surface area contributed by atoms with E-state index in [-0.39, 0.29) is 11.7 Å². The fourth-order valence-corrected chi connectivity index (χ4v) is 4.68. The SMILES string of the molecule is CC(C)(C)OC(=O)CSc1nc(N)c2c3c(sc2n1)CCCC3. The van der Waals surface area contributed by atoms with E-state index >= 15 is 0 Å². The van der Waals surface area contributed by atoms with Crippen molar-refractivity contribution in [1.82, 2.24) is 9.97 Å². The molecule has 0 radical (unpaired) electrons. The van der Waals surface area contributed by atoms with Crippen LogP contribution in [0.3, 0.4) is 0 Å². The number of rotatable bonds is 3. The molecular weight excluding hydrogens is 330 g/mol. The van der Waals surface area contributed by atoms with Crippen LogP contribution in [0.15, 0.2) is 5.16 Å². The number of thioether (sulfide) groups is 1. The lowest BCUT2D eigenvalue weighted by Gasteiger charge is -2.19. The fraction of sp³-hybridized carbons (Fsp3) is 0.562. The highest BCUT2D eigenvalue weighted by atomic mass is 32.2. The second-order valence-corrected chi connectivity index (χ2v) is 8.68. The maximum Gasteiger partial charge on any atom is 0.316 e. The molecule has 2 N–H and O–H groups in total. The molecule has 3 rings (SSSR count). The maximum absolute atomic E-state index is 11.8. The molecule has 1 aliphatic rings. The molecule has 0 unspecified atom stereocenters. The molecule has 2 heterocycles. The van der Waals surface area contributed by atoms with E-state index in [0.29, 0.717) is 11.0 Å². The summed E-state index contributed by atoms with van der Waals surface area (Å²) in [6.45, 7) is 5.56. The van der Waals surface area contributed by atoms with Gasteiger partial charge in [-0.15, -0.1) is 11.3 Å². The van der Waals surface area contributed by atoms with Gasteiger partial charge in [0.15, 0.2) is 5.16 Å². The van der Waals surface area contributed by atoms with Gasteiger partial charge in [0.2, 0.25) is 0 Å². The van der Waals surface area contributed by atoms with Crippen LogP contribution in [0, 0.1) is 0 Å². The van der Waals surface area contributed by atoms with E-state index in [2.05, 4.69) is 9.97 Å². The molecule has 0 spiro atoms. The Bertz CT molecular complexity index is 750. The summed E-state index contributed by atoms with van der Waals surface area (Å²) in [5.74, 6) is 0.448. The van der Waals surface area contributed by atoms with Crippen LogP contribution in [-0.2, 0) is 22.4 Å². The Labute approximate surface area is 144 Å². The first-order chi connectivity index (χ1) is 10.8. The Hall–Kier alpha value is -1.34. The highest BCUT2D eigenvalue weighted by Crippen LogP contribution is 2.38. The lowest BCUT2D eigenvalue weighted by Crippen LogP contribution is -2.25. The van der Waals surface area contributed by atoms with Gasteiger partial charge in [-0.2, -0.15) is 0 Å². The number of nitrogens with two attached hydrogens (primary N) is 1. The van der Waals surface area contributed by atoms with Gasteiger partial charge in [0.1, 0.15) is 16.2 Å². The second kappa shape index (κ2) is 6.28. The van der Waals surface area contributed by atoms with Crippen LogP contribution in [0.5, 0.6) is 0 Å². The molecule has 124 valence electrons. The number of anilines is 1. The van der Waals surface area contributed by atoms with E-state index in [9.17, 15) is 4.79 Å². The average Bonchev–Trinajstić information content (AvgIpc) is 2.82. The van der Waals surface area contributed by atoms with Crippen molar-refractivity contribution in [3.8, 4) is 0 Å². The maximum atomic E-state index is 11.8. The van der Waals surface area contributed by atoms with Gasteiger partial charge in [-0.1, -0.05) is 11.8 Å². The van der Waals surface area contributed by atoms with Crippen molar-refractivity contribution in [2.24, 2.45) is 0 Å². The van der Waals surface area contributed by atoms with Gasteiger partial charge in [-0.05, 0) is 52.0 Å². The quantitative estimate of drug-likeness (QED) is 0.517. The molecule has 0 aromatic carbocycles. The standard InChI is InChI=1S/C16H21N3O2S2/c1-16(2,3)21-11(20)8-22-15-18-13(17)12-9-6-4-5-7-10(9)23-14(12)19-15/h4-8H2,1-3H3,(H2,17,18,19). The first-order valence-corrected chi connectivity index (χ1v) is 9.56. The summed E-state index contributed by atoms with van der Waals surface area (Å²) in [4.78, 5) is 23.1. The van der Waals surface area contributed by atoms with Gasteiger partial charge < -0.3 is 10.5 Å². The molecule has 5 nitrogen and oxygen atoms in total. The average molecular weight is 351 g/mol. The zero-order chi connectivity index (χ0) is 16.6. The van der Waals surface area contributed by atoms with E-state index in [1.807, 2.05) is 20.8 Å². The van der Waals surface area contributed by atoms with Crippen LogP contribution >= 0.6 is 23.1 Å². The summed E-state index contributed by atoms with van der Waals surface area (Å²) in [5, 5.41) is 1.56. The Morgan fingerprint density at radius 1 is 1.30 bits per heavy atom. The van der Waals surface area contributed by atoms with Crippen molar-refractivity contribution < 1.29 is 9.53 Å². The van der Waals surface area contributed by atoms with E-state index < -0.39 is 5.60 Å². The number of hydrogen-bond donors (Lipinski definition) is 1. The molecule has 23 heavy (non-hydrogen) atoms. The molecule has 0 saturated carbocycles. The van der Waals surface area contributed by atoms with E-state index in [0.717, 1.165) is 23.1 Å². The predicted octanol–water partition coefficient (Wildman–Crippen LogP) is 3.59. The number of carbonyl (C=O) groups is 1. The monoisotopic (exact) mass is 351 g/mol. The summed E-state index contributed by atoms with van der Waals surface area (Å²) >= 11 is 2.99. The number of ether oxygens (including phenoxy) is 1. The number of nitrogen functional groups attached to an aromatic ring is 1. The first kappa shape index (κ1) is 16.5. The lowest BCUT2D eigenvalue weighted by molar-refractivity contribution is -0.151. The lowest BCUT2D eigenvalue weighted by atomic mass is 9.97. The minimum Gasteiger partial charge on any atom is -0.459 e. The molecule has 0 fully saturated rings. The molecule has 0 amide bonds. The van der Waals surface area contributed by atoms with Crippen LogP contribution in [0.1, 0.15) is 44.1 Å². The van der Waals surface area contributed by atoms with Gasteiger partial charge >= 0.3 is 5.97 Å². The van der Waals surface area contributed by atoms with Gasteiger partial charge in [0.05, 0.1) is 11.1 Å². The minimum absolute atomic E-state index is 0.188. The molecule has 2 aromatic heterocycles. The third-order valence-electron chi connectivity index (χ3n) is 3.56. The highest BCUT2D eigenvalue weighted by molar-refractivity contribution is 7.99. The van der Waals surface area contributed by atoms with Gasteiger partial charge in [-0.3, -0.25) is 4.79 Å². The largest absolute Gasteiger partial charge is 0.459 e. The highest BCUT2D eigenvalue weighted by Gasteiger charge is 2.21. The molecule has 7 heteroatoms. The summed E-state index contributed by atoms with van der Waals surface area (Å²) in [6, 6.07) is 0. The number of esters is 1. The fourth-order valence-electron chi connectivity index (χ4n) is 2.72. The Morgan fingerprint density at radius 2 is 2.04 bits per heavy atom. The zero-order valence-corrected chi connectivity index (χ0v) is 15.3. The molecular formula is C16H21N3O2S2. The summed E-state index contributed by atoms with van der Waals surface area (Å²) in [5.41, 5.74) is 7.01. The van der Waals surface area contributed by atoms with Crippen LogP contribution in [0.25, 0.3) is 10.2 Å². The van der Waals surface area contributed by atoms with Crippen LogP contribution in [0.2, 0.25) is 0 Å². The van der Waals surface area contributed by atoms with E-state index in [4.69, 9.17) is 10.5 Å². The van der Waals surface area contributed by atoms with Gasteiger partial charge in [0.25, 0.3) is 0 Å². The number of fused-ring (bicyclic) bond motifs is 3. The summed E-state index contributed by atoms with van der Waals surface area (Å²) in [7, 11) is 0. The van der Waals surface area contributed by atoms with Crippen molar-refractivity contribution in [3.05, 3.63) is 10.4 Å². The predicted molar refractivity (Wildman–Crippen MR) is 95.0 cm³/mol. The molecule has 0 atom stereocenters. The number of aromatic nitrogens is 2. The summed E-state index contributed by atoms with van der Waals surface area (Å²) < 4.78 is 5.30. The number of nitrogens with zero attached hydrogens (tertiary/aromatic N) is 2. The smallest absolute Gasteiger partial charge is 0.316 e. The molecule has 2 aromatic rings. The first-order valence-electron chi connectivity index (χ1n) is 7.76. The number of aryl methyl sites for hydroxylation is 2. The van der Waals surface area contributed by atoms with Crippen molar-refractivity contribution in [1.29, 1.82) is 0 Å². The normalized spacial score (nSPS) is 14.7. The zero-order valence-electron chi connectivity index (χ0n) is 13.6. The number of thiophene rings is 1. The van der Waals surface area contributed by atoms with Crippen molar-refractivity contribution in [2.75, 3.05) is 11.5 Å². The van der Waals surface area contributed by atoms with Crippen LogP contribution < -0.4 is 5.73 Å². The van der Waals surface area contributed by atoms with Crippen molar-refractivity contribution >= 4 is 45.1 Å². The van der Waals surface area contributed by atoms with E-state index in [1.54, 1.807) is 11.3 Å². The molecule has 0 aliphatic heterocycles. The van der Waals surface area contributed by atoms with Crippen LogP contribution in [-0.4, -0.2) is 27.3 Å². The Kier molecular flexibility index (Phi) is 4.51. The number of carbonyl (C=O) groups excluding carboxylic acids is 1. The van der Waals surface area contributed by atoms with Gasteiger partial charge in [0, 0.05) is 4.88 Å². The second-order valence-electron chi connectivity index (χ2n) is 6.66. The molecule has 1 aliphatic carbocycles. The molecule has 0 bridgehead atoms. The third-order valence-corrected chi connectivity index (χ3v) is 5.57. The Balaban J connectivity index is 1.79. The van der Waals surface area contributed by atoms with Crippen molar-refractivity contribution in [3.63, 3.8) is 0 Å². The minimum atomic E-state index is -0.478. The topological polar surface area (TPSA) is 78.1 Å². The summed E-state index contributed by atoms with van der Waals surface area (Å²) in [6.07, 6.45) is 4.60. The van der Waals surface area contributed by atoms with E-state index in [1.165, 1.54) is 35.0 Å². The molecule has 0 saturated heterocycles.